The smallest absolute Gasteiger partial charge is 0.290 e. The summed E-state index contributed by atoms with van der Waals surface area (Å²) >= 11 is 0. The maximum absolute atomic E-state index is 11.9. The van der Waals surface area contributed by atoms with Gasteiger partial charge in [0.15, 0.2) is 0 Å². The summed E-state index contributed by atoms with van der Waals surface area (Å²) in [4.78, 5) is 50.2. The third-order valence-electron chi connectivity index (χ3n) is 6.50. The van der Waals surface area contributed by atoms with Crippen LogP contribution in [-0.4, -0.2) is 65.9 Å². The van der Waals surface area contributed by atoms with Crippen LogP contribution in [0.2, 0.25) is 0 Å². The van der Waals surface area contributed by atoms with E-state index >= 15 is 0 Å². The van der Waals surface area contributed by atoms with Gasteiger partial charge in [-0.15, -0.1) is 0 Å². The van der Waals surface area contributed by atoms with Crippen LogP contribution >= 0.6 is 0 Å². The molecule has 9 heteroatoms. The molecule has 3 aliphatic rings. The van der Waals surface area contributed by atoms with Gasteiger partial charge in [0, 0.05) is 38.8 Å². The van der Waals surface area contributed by atoms with Gasteiger partial charge in [-0.25, -0.2) is 4.98 Å². The Morgan fingerprint density at radius 2 is 1.82 bits per heavy atom. The van der Waals surface area contributed by atoms with Crippen molar-refractivity contribution in [2.75, 3.05) is 25.0 Å². The standard InChI is InChI=1S/C17H23N3O2.C6H11NO.CH2O2/c1-20(13-5-3-2-4-6-13)15-9-7-12(11-18-15)14-8-10-16(21)19-17(14)22;1-6-2-3-7(4-6)5-8;2-1-3/h7,9,11,13-14H,2-6,8,10H2,1H3,(H,19,21,22);5-6H,2-4H2,1H3;1H,(H,2,3). The summed E-state index contributed by atoms with van der Waals surface area (Å²) in [7, 11) is 2.10. The molecule has 3 heterocycles. The molecule has 33 heavy (non-hydrogen) atoms. The summed E-state index contributed by atoms with van der Waals surface area (Å²) in [5.41, 5.74) is 0.894. The van der Waals surface area contributed by atoms with Gasteiger partial charge in [0.05, 0.1) is 5.92 Å². The highest BCUT2D eigenvalue weighted by Crippen LogP contribution is 2.28. The van der Waals surface area contributed by atoms with Crippen LogP contribution in [0.15, 0.2) is 18.3 Å². The lowest BCUT2D eigenvalue weighted by atomic mass is 9.91. The van der Waals surface area contributed by atoms with Gasteiger partial charge in [0.25, 0.3) is 6.47 Å². The fourth-order valence-electron chi connectivity index (χ4n) is 4.54. The monoisotopic (exact) mass is 460 g/mol. The molecule has 2 unspecified atom stereocenters. The van der Waals surface area contributed by atoms with Gasteiger partial charge in [-0.1, -0.05) is 32.3 Å². The van der Waals surface area contributed by atoms with Crippen LogP contribution in [0.4, 0.5) is 5.82 Å². The third kappa shape index (κ3) is 8.14. The molecule has 0 radical (unpaired) electrons. The van der Waals surface area contributed by atoms with Crippen LogP contribution in [0.3, 0.4) is 0 Å². The molecule has 2 atom stereocenters. The summed E-state index contributed by atoms with van der Waals surface area (Å²) in [6.07, 6.45) is 11.3. The van der Waals surface area contributed by atoms with Crippen molar-refractivity contribution >= 4 is 30.5 Å². The van der Waals surface area contributed by atoms with Crippen LogP contribution in [-0.2, 0) is 19.2 Å². The average Bonchev–Trinajstić information content (AvgIpc) is 3.26. The van der Waals surface area contributed by atoms with E-state index in [1.54, 1.807) is 6.20 Å². The maximum atomic E-state index is 11.9. The topological polar surface area (TPSA) is 120 Å². The van der Waals surface area contributed by atoms with Gasteiger partial charge in [-0.3, -0.25) is 24.5 Å². The first-order valence-electron chi connectivity index (χ1n) is 11.7. The Morgan fingerprint density at radius 1 is 1.12 bits per heavy atom. The van der Waals surface area contributed by atoms with E-state index in [1.165, 1.54) is 38.5 Å². The predicted octanol–water partition coefficient (Wildman–Crippen LogP) is 2.56. The average molecular weight is 461 g/mol. The van der Waals surface area contributed by atoms with Crippen molar-refractivity contribution in [1.29, 1.82) is 0 Å². The normalized spacial score (nSPS) is 22.8. The molecule has 1 saturated carbocycles. The Bertz CT molecular complexity index is 780. The fourth-order valence-corrected chi connectivity index (χ4v) is 4.54. The minimum atomic E-state index is -0.251. The molecule has 4 rings (SSSR count). The molecule has 2 aliphatic heterocycles. The first-order valence-corrected chi connectivity index (χ1v) is 11.7. The van der Waals surface area contributed by atoms with E-state index in [0.29, 0.717) is 18.9 Å². The van der Waals surface area contributed by atoms with Crippen molar-refractivity contribution in [3.05, 3.63) is 23.9 Å². The zero-order valence-corrected chi connectivity index (χ0v) is 19.6. The number of hydrogen-bond donors (Lipinski definition) is 2. The summed E-state index contributed by atoms with van der Waals surface area (Å²) in [5.74, 6) is 1.05. The van der Waals surface area contributed by atoms with Crippen LogP contribution in [0, 0.1) is 5.92 Å². The Hall–Kier alpha value is -2.97. The molecular formula is C24H36N4O5. The van der Waals surface area contributed by atoms with Crippen molar-refractivity contribution in [2.24, 2.45) is 5.92 Å². The van der Waals surface area contributed by atoms with E-state index in [2.05, 4.69) is 29.2 Å². The first-order chi connectivity index (χ1) is 15.9. The zero-order valence-electron chi connectivity index (χ0n) is 19.6. The molecule has 1 aromatic rings. The van der Waals surface area contributed by atoms with Crippen molar-refractivity contribution in [1.82, 2.24) is 15.2 Å². The molecule has 0 aromatic carbocycles. The van der Waals surface area contributed by atoms with E-state index in [4.69, 9.17) is 9.90 Å². The molecule has 9 nitrogen and oxygen atoms in total. The lowest BCUT2D eigenvalue weighted by Crippen LogP contribution is -2.39. The van der Waals surface area contributed by atoms with E-state index in [-0.39, 0.29) is 24.2 Å². The minimum absolute atomic E-state index is 0.178. The van der Waals surface area contributed by atoms with E-state index in [0.717, 1.165) is 36.8 Å². The molecular weight excluding hydrogens is 424 g/mol. The zero-order chi connectivity index (χ0) is 24.2. The van der Waals surface area contributed by atoms with Crippen molar-refractivity contribution in [3.63, 3.8) is 0 Å². The van der Waals surface area contributed by atoms with Gasteiger partial charge in [0.1, 0.15) is 5.82 Å². The predicted molar refractivity (Wildman–Crippen MR) is 125 cm³/mol. The highest BCUT2D eigenvalue weighted by atomic mass is 16.3. The first kappa shape index (κ1) is 26.3. The number of carbonyl (C=O) groups is 4. The molecule has 0 bridgehead atoms. The highest BCUT2D eigenvalue weighted by Gasteiger charge is 2.28. The summed E-state index contributed by atoms with van der Waals surface area (Å²) < 4.78 is 0. The lowest BCUT2D eigenvalue weighted by molar-refractivity contribution is -0.134. The van der Waals surface area contributed by atoms with Gasteiger partial charge in [0.2, 0.25) is 18.2 Å². The van der Waals surface area contributed by atoms with Crippen molar-refractivity contribution < 1.29 is 24.3 Å². The third-order valence-corrected chi connectivity index (χ3v) is 6.50. The second-order valence-corrected chi connectivity index (χ2v) is 8.96. The second kappa shape index (κ2) is 13.5. The maximum Gasteiger partial charge on any atom is 0.290 e. The molecule has 1 aliphatic carbocycles. The summed E-state index contributed by atoms with van der Waals surface area (Å²) in [6.45, 7) is 3.84. The number of anilines is 1. The van der Waals surface area contributed by atoms with Gasteiger partial charge < -0.3 is 14.9 Å². The number of aromatic nitrogens is 1. The number of pyridine rings is 1. The number of rotatable bonds is 4. The van der Waals surface area contributed by atoms with Crippen molar-refractivity contribution in [3.8, 4) is 0 Å². The lowest BCUT2D eigenvalue weighted by Gasteiger charge is -2.32. The molecule has 2 N–H and O–H groups in total. The second-order valence-electron chi connectivity index (χ2n) is 8.96. The Labute approximate surface area is 195 Å². The molecule has 3 fully saturated rings. The SMILES string of the molecule is CC1CCN(C=O)C1.CN(c1ccc(C2CCC(=O)NC2=O)cn1)C1CCCCC1.O=CO. The Kier molecular flexibility index (Phi) is 10.8. The van der Waals surface area contributed by atoms with Crippen LogP contribution in [0.25, 0.3) is 0 Å². The summed E-state index contributed by atoms with van der Waals surface area (Å²) in [6, 6.07) is 4.54. The molecule has 1 aromatic heterocycles. The van der Waals surface area contributed by atoms with Gasteiger partial charge in [-0.05, 0) is 43.2 Å². The van der Waals surface area contributed by atoms with E-state index < -0.39 is 0 Å². The number of carboxylic acid groups (broad SMARTS) is 1. The van der Waals surface area contributed by atoms with E-state index in [1.807, 2.05) is 17.0 Å². The van der Waals surface area contributed by atoms with Gasteiger partial charge in [-0.2, -0.15) is 0 Å². The number of imide groups is 1. The molecule has 2 saturated heterocycles. The number of likely N-dealkylation sites (tertiary alicyclic amines) is 1. The number of amides is 3. The van der Waals surface area contributed by atoms with Crippen LogP contribution in [0.5, 0.6) is 0 Å². The quantitative estimate of drug-likeness (QED) is 0.523. The Morgan fingerprint density at radius 3 is 2.30 bits per heavy atom. The number of hydrogen-bond acceptors (Lipinski definition) is 6. The number of nitrogens with one attached hydrogen (secondary N) is 1. The fraction of sp³-hybridized carbons (Fsp3) is 0.625. The molecule has 182 valence electrons. The summed E-state index contributed by atoms with van der Waals surface area (Å²) in [5, 5.41) is 9.29. The minimum Gasteiger partial charge on any atom is -0.483 e. The highest BCUT2D eigenvalue weighted by molar-refractivity contribution is 6.00. The number of carbonyl (C=O) groups excluding carboxylic acids is 3. The number of piperidine rings is 1. The largest absolute Gasteiger partial charge is 0.483 e. The van der Waals surface area contributed by atoms with E-state index in [9.17, 15) is 14.4 Å². The van der Waals surface area contributed by atoms with Crippen LogP contribution in [0.1, 0.15) is 69.8 Å². The Balaban J connectivity index is 0.000000291. The van der Waals surface area contributed by atoms with Crippen LogP contribution < -0.4 is 10.2 Å². The van der Waals surface area contributed by atoms with Gasteiger partial charge >= 0.3 is 0 Å². The molecule has 3 amide bonds. The van der Waals surface area contributed by atoms with Crippen molar-refractivity contribution in [2.45, 2.75) is 70.3 Å². The number of nitrogens with zero attached hydrogens (tertiary/aromatic N) is 3. The molecule has 0 spiro atoms.